The van der Waals surface area contributed by atoms with Crippen LogP contribution in [0, 0.1) is 5.41 Å². The normalized spacial score (nSPS) is 15.6. The molecule has 0 saturated heterocycles. The number of benzene rings is 1. The zero-order chi connectivity index (χ0) is 15.3. The first-order valence-electron chi connectivity index (χ1n) is 7.41. The minimum absolute atomic E-state index is 0.0721. The molecule has 0 aliphatic heterocycles. The van der Waals surface area contributed by atoms with Gasteiger partial charge in [0.15, 0.2) is 0 Å². The highest BCUT2D eigenvalue weighted by Crippen LogP contribution is 2.48. The summed E-state index contributed by atoms with van der Waals surface area (Å²) in [5.74, 6) is -0.0721. The number of carbonyl (C=O) groups is 1. The van der Waals surface area contributed by atoms with E-state index >= 15 is 0 Å². The molecular weight excluding hydrogens is 288 g/mol. The third-order valence-corrected chi connectivity index (χ3v) is 4.25. The molecule has 0 atom stereocenters. The molecule has 2 rings (SSSR count). The molecule has 0 heterocycles. The SMILES string of the molecule is CCNc1ccc(Cl)cc1C(=O)NCC1(CCOC)CC1. The first-order chi connectivity index (χ1) is 10.1. The molecule has 1 aliphatic rings. The van der Waals surface area contributed by atoms with Gasteiger partial charge in [-0.25, -0.2) is 0 Å². The Labute approximate surface area is 131 Å². The van der Waals surface area contributed by atoms with Crippen LogP contribution in [0.3, 0.4) is 0 Å². The fourth-order valence-corrected chi connectivity index (χ4v) is 2.59. The molecule has 1 fully saturated rings. The van der Waals surface area contributed by atoms with Crippen molar-refractivity contribution in [2.45, 2.75) is 26.2 Å². The van der Waals surface area contributed by atoms with Gasteiger partial charge < -0.3 is 15.4 Å². The van der Waals surface area contributed by atoms with Crippen LogP contribution in [0.1, 0.15) is 36.5 Å². The largest absolute Gasteiger partial charge is 0.385 e. The minimum Gasteiger partial charge on any atom is -0.385 e. The highest BCUT2D eigenvalue weighted by atomic mass is 35.5. The van der Waals surface area contributed by atoms with Gasteiger partial charge in [0.1, 0.15) is 0 Å². The van der Waals surface area contributed by atoms with Crippen LogP contribution in [0.4, 0.5) is 5.69 Å². The van der Waals surface area contributed by atoms with Crippen molar-refractivity contribution in [1.82, 2.24) is 5.32 Å². The molecular formula is C16H23ClN2O2. The van der Waals surface area contributed by atoms with Crippen molar-refractivity contribution >= 4 is 23.2 Å². The Morgan fingerprint density at radius 3 is 2.81 bits per heavy atom. The average molecular weight is 311 g/mol. The van der Waals surface area contributed by atoms with E-state index in [0.29, 0.717) is 17.1 Å². The molecule has 21 heavy (non-hydrogen) atoms. The lowest BCUT2D eigenvalue weighted by Crippen LogP contribution is -2.31. The maximum absolute atomic E-state index is 12.4. The van der Waals surface area contributed by atoms with Crippen LogP contribution in [-0.4, -0.2) is 32.7 Å². The number of amides is 1. The summed E-state index contributed by atoms with van der Waals surface area (Å²) in [5.41, 5.74) is 1.66. The van der Waals surface area contributed by atoms with Crippen LogP contribution in [0.25, 0.3) is 0 Å². The molecule has 0 bridgehead atoms. The fourth-order valence-electron chi connectivity index (χ4n) is 2.42. The highest BCUT2D eigenvalue weighted by Gasteiger charge is 2.42. The number of anilines is 1. The molecule has 1 aromatic carbocycles. The van der Waals surface area contributed by atoms with Crippen LogP contribution < -0.4 is 10.6 Å². The quantitative estimate of drug-likeness (QED) is 0.774. The fraction of sp³-hybridized carbons (Fsp3) is 0.562. The standard InChI is InChI=1S/C16H23ClN2O2/c1-3-18-14-5-4-12(17)10-13(14)15(20)19-11-16(6-7-16)8-9-21-2/h4-5,10,18H,3,6-9,11H2,1-2H3,(H,19,20). The lowest BCUT2D eigenvalue weighted by Gasteiger charge is -2.17. The molecule has 1 saturated carbocycles. The Morgan fingerprint density at radius 2 is 2.19 bits per heavy atom. The number of hydrogen-bond donors (Lipinski definition) is 2. The van der Waals surface area contributed by atoms with Crippen molar-refractivity contribution in [3.8, 4) is 0 Å². The van der Waals surface area contributed by atoms with Gasteiger partial charge in [0, 0.05) is 37.5 Å². The summed E-state index contributed by atoms with van der Waals surface area (Å²) in [6.45, 7) is 4.21. The maximum Gasteiger partial charge on any atom is 0.253 e. The summed E-state index contributed by atoms with van der Waals surface area (Å²) in [7, 11) is 1.71. The summed E-state index contributed by atoms with van der Waals surface area (Å²) >= 11 is 6.01. The van der Waals surface area contributed by atoms with Gasteiger partial charge in [0.25, 0.3) is 5.91 Å². The van der Waals surface area contributed by atoms with Gasteiger partial charge in [-0.15, -0.1) is 0 Å². The van der Waals surface area contributed by atoms with E-state index in [1.54, 1.807) is 19.2 Å². The van der Waals surface area contributed by atoms with Gasteiger partial charge in [0.2, 0.25) is 0 Å². The van der Waals surface area contributed by atoms with Crippen molar-refractivity contribution in [1.29, 1.82) is 0 Å². The predicted molar refractivity (Wildman–Crippen MR) is 86.1 cm³/mol. The van der Waals surface area contributed by atoms with Gasteiger partial charge in [-0.1, -0.05) is 11.6 Å². The molecule has 1 aromatic rings. The predicted octanol–water partition coefficient (Wildman–Crippen LogP) is 3.32. The zero-order valence-electron chi connectivity index (χ0n) is 12.7. The Kier molecular flexibility index (Phi) is 5.48. The second-order valence-electron chi connectivity index (χ2n) is 5.65. The van der Waals surface area contributed by atoms with Crippen molar-refractivity contribution in [2.75, 3.05) is 32.1 Å². The monoisotopic (exact) mass is 310 g/mol. The Hall–Kier alpha value is -1.26. The van der Waals surface area contributed by atoms with Crippen LogP contribution >= 0.6 is 11.6 Å². The van der Waals surface area contributed by atoms with Crippen LogP contribution in [0.2, 0.25) is 5.02 Å². The summed E-state index contributed by atoms with van der Waals surface area (Å²) in [5, 5.41) is 6.81. The smallest absolute Gasteiger partial charge is 0.253 e. The van der Waals surface area contributed by atoms with Crippen molar-refractivity contribution in [2.24, 2.45) is 5.41 Å². The molecule has 5 heteroatoms. The van der Waals surface area contributed by atoms with E-state index in [4.69, 9.17) is 16.3 Å². The summed E-state index contributed by atoms with van der Waals surface area (Å²) in [6.07, 6.45) is 3.32. The first-order valence-corrected chi connectivity index (χ1v) is 7.78. The Morgan fingerprint density at radius 1 is 1.43 bits per heavy atom. The topological polar surface area (TPSA) is 50.4 Å². The summed E-state index contributed by atoms with van der Waals surface area (Å²) in [4.78, 5) is 12.4. The van der Waals surface area contributed by atoms with Crippen LogP contribution in [0.15, 0.2) is 18.2 Å². The number of ether oxygens (including phenoxy) is 1. The number of methoxy groups -OCH3 is 1. The lowest BCUT2D eigenvalue weighted by atomic mass is 10.0. The molecule has 1 amide bonds. The maximum atomic E-state index is 12.4. The number of hydrogen-bond acceptors (Lipinski definition) is 3. The van der Waals surface area contributed by atoms with Crippen molar-refractivity contribution in [3.05, 3.63) is 28.8 Å². The Balaban J connectivity index is 1.98. The zero-order valence-corrected chi connectivity index (χ0v) is 13.4. The first kappa shape index (κ1) is 16.1. The van der Waals surface area contributed by atoms with Crippen molar-refractivity contribution < 1.29 is 9.53 Å². The van der Waals surface area contributed by atoms with E-state index < -0.39 is 0 Å². The van der Waals surface area contributed by atoms with E-state index in [2.05, 4.69) is 10.6 Å². The number of halogens is 1. The van der Waals surface area contributed by atoms with Crippen LogP contribution in [-0.2, 0) is 4.74 Å². The molecule has 116 valence electrons. The van der Waals surface area contributed by atoms with E-state index in [1.165, 1.54) is 0 Å². The third kappa shape index (κ3) is 4.35. The number of nitrogens with one attached hydrogen (secondary N) is 2. The molecule has 1 aliphatic carbocycles. The average Bonchev–Trinajstić information content (AvgIpc) is 3.25. The van der Waals surface area contributed by atoms with Crippen LogP contribution in [0.5, 0.6) is 0 Å². The van der Waals surface area contributed by atoms with E-state index in [9.17, 15) is 4.79 Å². The lowest BCUT2D eigenvalue weighted by molar-refractivity contribution is 0.0938. The minimum atomic E-state index is -0.0721. The summed E-state index contributed by atoms with van der Waals surface area (Å²) in [6, 6.07) is 5.35. The number of rotatable bonds is 8. The number of carbonyl (C=O) groups excluding carboxylic acids is 1. The van der Waals surface area contributed by atoms with Gasteiger partial charge >= 0.3 is 0 Å². The Bertz CT molecular complexity index is 501. The molecule has 4 nitrogen and oxygen atoms in total. The second kappa shape index (κ2) is 7.14. The highest BCUT2D eigenvalue weighted by molar-refractivity contribution is 6.31. The van der Waals surface area contributed by atoms with Gasteiger partial charge in [0.05, 0.1) is 5.56 Å². The second-order valence-corrected chi connectivity index (χ2v) is 6.08. The van der Waals surface area contributed by atoms with E-state index in [1.807, 2.05) is 13.0 Å². The molecule has 0 radical (unpaired) electrons. The van der Waals surface area contributed by atoms with E-state index in [0.717, 1.165) is 38.1 Å². The molecule has 2 N–H and O–H groups in total. The van der Waals surface area contributed by atoms with Gasteiger partial charge in [-0.3, -0.25) is 4.79 Å². The van der Waals surface area contributed by atoms with E-state index in [-0.39, 0.29) is 11.3 Å². The van der Waals surface area contributed by atoms with Crippen molar-refractivity contribution in [3.63, 3.8) is 0 Å². The third-order valence-electron chi connectivity index (χ3n) is 4.01. The van der Waals surface area contributed by atoms with Gasteiger partial charge in [-0.2, -0.15) is 0 Å². The summed E-state index contributed by atoms with van der Waals surface area (Å²) < 4.78 is 5.14. The van der Waals surface area contributed by atoms with Gasteiger partial charge in [-0.05, 0) is 49.8 Å². The molecule has 0 spiro atoms. The molecule has 0 unspecified atom stereocenters. The molecule has 0 aromatic heterocycles.